The van der Waals surface area contributed by atoms with Gasteiger partial charge in [0, 0.05) is 0 Å². The van der Waals surface area contributed by atoms with E-state index in [0.717, 1.165) is 11.4 Å². The molecule has 0 aromatic carbocycles. The van der Waals surface area contributed by atoms with Crippen LogP contribution >= 0.6 is 17.1 Å². The summed E-state index contributed by atoms with van der Waals surface area (Å²) in [5.74, 6) is 0. The monoisotopic (exact) mass is 203 g/mol. The number of primary amides is 1. The highest BCUT2D eigenvalue weighted by Gasteiger charge is 2.14. The molecule has 0 aromatic rings. The van der Waals surface area contributed by atoms with Crippen molar-refractivity contribution in [1.82, 2.24) is 0 Å². The third kappa shape index (κ3) is 2.64. The first kappa shape index (κ1) is 10.5. The number of nitrogens with two attached hydrogens (primary N) is 1. The van der Waals surface area contributed by atoms with E-state index in [2.05, 4.69) is 0 Å². The lowest BCUT2D eigenvalue weighted by Gasteiger charge is -2.10. The second-order valence-corrected chi connectivity index (χ2v) is 10.7. The van der Waals surface area contributed by atoms with Crippen LogP contribution in [0.4, 0.5) is 4.79 Å². The van der Waals surface area contributed by atoms with Crippen molar-refractivity contribution in [3.8, 4) is 0 Å². The van der Waals surface area contributed by atoms with Crippen LogP contribution in [0.3, 0.4) is 0 Å². The predicted octanol–water partition coefficient (Wildman–Crippen LogP) is 0.338. The SMILES string of the molecule is CSP(O)(O)=S(C)C(N)=O. The number of hydrogen-bond donors (Lipinski definition) is 3. The van der Waals surface area contributed by atoms with Gasteiger partial charge in [-0.2, -0.15) is 0 Å². The van der Waals surface area contributed by atoms with Crippen LogP contribution in [0.15, 0.2) is 0 Å². The molecule has 0 aliphatic rings. The molecule has 0 saturated carbocycles. The zero-order valence-corrected chi connectivity index (χ0v) is 8.17. The lowest BCUT2D eigenvalue weighted by Crippen LogP contribution is -2.14. The molecule has 0 aliphatic heterocycles. The van der Waals surface area contributed by atoms with E-state index in [-0.39, 0.29) is 0 Å². The highest BCUT2D eigenvalue weighted by Crippen LogP contribution is 2.53. The van der Waals surface area contributed by atoms with Crippen LogP contribution < -0.4 is 5.73 Å². The normalized spacial score (nSPS) is 14.8. The third-order valence-corrected chi connectivity index (χ3v) is 10.1. The van der Waals surface area contributed by atoms with Gasteiger partial charge in [-0.1, -0.05) is 11.4 Å². The van der Waals surface area contributed by atoms with Crippen molar-refractivity contribution in [2.75, 3.05) is 12.5 Å². The first-order chi connectivity index (χ1) is 4.41. The zero-order chi connectivity index (χ0) is 8.36. The zero-order valence-electron chi connectivity index (χ0n) is 5.64. The Morgan fingerprint density at radius 2 is 2.10 bits per heavy atom. The molecule has 10 heavy (non-hydrogen) atoms. The van der Waals surface area contributed by atoms with Gasteiger partial charge >= 0.3 is 0 Å². The van der Waals surface area contributed by atoms with Crippen LogP contribution in [0.5, 0.6) is 0 Å². The van der Waals surface area contributed by atoms with E-state index in [9.17, 15) is 4.79 Å². The van der Waals surface area contributed by atoms with Crippen molar-refractivity contribution >= 4 is 32.4 Å². The van der Waals surface area contributed by atoms with E-state index in [4.69, 9.17) is 15.5 Å². The standard InChI is InChI=1S/C3H10NO3PS2/c1-9-8(6,7)10(2)3(4)5/h6-7H,1-2H3,(H2,4,5). The molecular weight excluding hydrogens is 193 g/mol. The molecule has 1 unspecified atom stereocenters. The number of amides is 1. The molecule has 62 valence electrons. The summed E-state index contributed by atoms with van der Waals surface area (Å²) in [5.41, 5.74) is 1.76. The number of carbonyl (C=O) groups excluding carboxylic acids is 1. The maximum atomic E-state index is 10.4. The number of rotatable bonds is 1. The Labute approximate surface area is 65.7 Å². The van der Waals surface area contributed by atoms with Crippen molar-refractivity contribution < 1.29 is 14.6 Å². The van der Waals surface area contributed by atoms with Gasteiger partial charge in [0.15, 0.2) is 0 Å². The van der Waals surface area contributed by atoms with Crippen LogP contribution in [0, 0.1) is 0 Å². The van der Waals surface area contributed by atoms with Crippen molar-refractivity contribution in [2.24, 2.45) is 5.73 Å². The van der Waals surface area contributed by atoms with Crippen LogP contribution in [0.2, 0.25) is 0 Å². The second-order valence-electron chi connectivity index (χ2n) is 1.47. The van der Waals surface area contributed by atoms with Gasteiger partial charge in [0.25, 0.3) is 5.24 Å². The van der Waals surface area contributed by atoms with Crippen LogP contribution in [0.25, 0.3) is 0 Å². The largest absolute Gasteiger partial charge is 0.361 e. The molecule has 0 aromatic heterocycles. The first-order valence-electron chi connectivity index (χ1n) is 2.28. The van der Waals surface area contributed by atoms with Crippen molar-refractivity contribution in [1.29, 1.82) is 0 Å². The van der Waals surface area contributed by atoms with Crippen molar-refractivity contribution in [3.63, 3.8) is 0 Å². The Balaban J connectivity index is 4.81. The lowest BCUT2D eigenvalue weighted by molar-refractivity contribution is 0.267. The molecule has 4 N–H and O–H groups in total. The highest BCUT2D eigenvalue weighted by molar-refractivity contribution is 8.74. The van der Waals surface area contributed by atoms with E-state index < -0.39 is 21.0 Å². The van der Waals surface area contributed by atoms with E-state index in [1.54, 1.807) is 6.26 Å². The second kappa shape index (κ2) is 3.78. The fourth-order valence-electron chi connectivity index (χ4n) is 0.229. The van der Waals surface area contributed by atoms with Crippen LogP contribution in [-0.2, 0) is 10.1 Å². The molecule has 4 nitrogen and oxygen atoms in total. The molecule has 0 saturated heterocycles. The maximum Gasteiger partial charge on any atom is 0.275 e. The van der Waals surface area contributed by atoms with E-state index >= 15 is 0 Å². The minimum Gasteiger partial charge on any atom is -0.361 e. The van der Waals surface area contributed by atoms with Crippen molar-refractivity contribution in [2.45, 2.75) is 0 Å². The third-order valence-electron chi connectivity index (χ3n) is 0.886. The van der Waals surface area contributed by atoms with Gasteiger partial charge < -0.3 is 15.5 Å². The van der Waals surface area contributed by atoms with Gasteiger partial charge in [-0.25, -0.2) is 0 Å². The van der Waals surface area contributed by atoms with Gasteiger partial charge in [-0.3, -0.25) is 4.79 Å². The topological polar surface area (TPSA) is 83.6 Å². The minimum atomic E-state index is -3.10. The van der Waals surface area contributed by atoms with E-state index in [0.29, 0.717) is 0 Å². The number of hydrogen-bond acceptors (Lipinski definition) is 2. The number of carbonyl (C=O) groups is 1. The van der Waals surface area contributed by atoms with Gasteiger partial charge in [-0.05, 0) is 22.6 Å². The molecule has 0 fully saturated rings. The van der Waals surface area contributed by atoms with Crippen LogP contribution in [-0.4, -0.2) is 27.5 Å². The summed E-state index contributed by atoms with van der Waals surface area (Å²) in [6, 6.07) is 0. The predicted molar refractivity (Wildman–Crippen MR) is 47.7 cm³/mol. The fraction of sp³-hybridized carbons (Fsp3) is 0.667. The summed E-state index contributed by atoms with van der Waals surface area (Å²) in [4.78, 5) is 28.6. The van der Waals surface area contributed by atoms with Crippen molar-refractivity contribution in [3.05, 3.63) is 0 Å². The molecule has 0 aliphatic carbocycles. The fourth-order valence-corrected chi connectivity index (χ4v) is 4.73. The van der Waals surface area contributed by atoms with Crippen LogP contribution in [0.1, 0.15) is 0 Å². The van der Waals surface area contributed by atoms with Gasteiger partial charge in [-0.15, -0.1) is 0 Å². The summed E-state index contributed by atoms with van der Waals surface area (Å²) >= 11 is 0.897. The molecule has 1 atom stereocenters. The van der Waals surface area contributed by atoms with E-state index in [1.807, 2.05) is 0 Å². The van der Waals surface area contributed by atoms with E-state index in [1.165, 1.54) is 6.26 Å². The Hall–Kier alpha value is 0.520. The quantitative estimate of drug-likeness (QED) is 0.536. The van der Waals surface area contributed by atoms with Gasteiger partial charge in [0.05, 0.1) is 0 Å². The Morgan fingerprint density at radius 3 is 2.20 bits per heavy atom. The molecule has 1 amide bonds. The summed E-state index contributed by atoms with van der Waals surface area (Å²) in [7, 11) is -1.11. The molecule has 0 rings (SSSR count). The first-order valence-corrected chi connectivity index (χ1v) is 8.04. The smallest absolute Gasteiger partial charge is 0.275 e. The molecule has 7 heteroatoms. The Kier molecular flexibility index (Phi) is 3.98. The molecular formula is C3H10NO3PS2. The molecule has 0 radical (unpaired) electrons. The molecule has 0 spiro atoms. The molecule has 0 bridgehead atoms. The van der Waals surface area contributed by atoms with Gasteiger partial charge in [0.1, 0.15) is 0 Å². The summed E-state index contributed by atoms with van der Waals surface area (Å²) in [6.45, 7) is 0. The Bertz CT molecular complexity index is 198. The summed E-state index contributed by atoms with van der Waals surface area (Å²) < 4.78 is 0. The molecule has 0 heterocycles. The average molecular weight is 203 g/mol. The average Bonchev–Trinajstić information content (AvgIpc) is 1.86. The lowest BCUT2D eigenvalue weighted by atomic mass is 11.5. The summed E-state index contributed by atoms with van der Waals surface area (Å²) in [6.07, 6.45) is 2.98. The Morgan fingerprint density at radius 1 is 1.70 bits per heavy atom. The van der Waals surface area contributed by atoms with Gasteiger partial charge in [0.2, 0.25) is 5.69 Å². The highest BCUT2D eigenvalue weighted by atomic mass is 32.9. The minimum absolute atomic E-state index is 0.646. The maximum absolute atomic E-state index is 10.4. The summed E-state index contributed by atoms with van der Waals surface area (Å²) in [5, 5.41) is -0.646.